The summed E-state index contributed by atoms with van der Waals surface area (Å²) in [7, 11) is 1.23. The minimum absolute atomic E-state index is 1.23. The molecule has 1 aliphatic heterocycles. The Labute approximate surface area is 293 Å². The Hall–Kier alpha value is -4.08. The van der Waals surface area contributed by atoms with Crippen molar-refractivity contribution in [3.05, 3.63) is 217 Å². The van der Waals surface area contributed by atoms with Crippen molar-refractivity contribution in [3.8, 4) is 0 Å². The Balaban J connectivity index is 1.65. The van der Waals surface area contributed by atoms with Crippen molar-refractivity contribution >= 4 is 77.8 Å². The molecule has 0 atom stereocenters. The van der Waals surface area contributed by atoms with Crippen LogP contribution in [0, 0.1) is 0 Å². The first-order chi connectivity index (χ1) is 23.7. The van der Waals surface area contributed by atoms with Gasteiger partial charge in [-0.05, 0) is 0 Å². The van der Waals surface area contributed by atoms with Crippen molar-refractivity contribution in [1.29, 1.82) is 0 Å². The summed E-state index contributed by atoms with van der Waals surface area (Å²) in [4.78, 5) is 0. The zero-order valence-corrected chi connectivity index (χ0v) is 30.6. The first kappa shape index (κ1) is 31.2. The number of fused-ring (bicyclic) bond motifs is 1. The predicted molar refractivity (Wildman–Crippen MR) is 221 cm³/mol. The molecule has 0 aliphatic carbocycles. The van der Waals surface area contributed by atoms with Gasteiger partial charge >= 0.3 is 295 Å². The molecule has 1 aliphatic rings. The van der Waals surface area contributed by atoms with Crippen molar-refractivity contribution < 1.29 is 0 Å². The molecule has 7 aromatic rings. The molecule has 0 fully saturated rings. The maximum absolute atomic E-state index is 4.86. The van der Waals surface area contributed by atoms with Gasteiger partial charge in [-0.2, -0.15) is 0 Å². The van der Waals surface area contributed by atoms with E-state index in [0.29, 0.717) is 0 Å². The second-order valence-electron chi connectivity index (χ2n) is 12.0. The number of hydrogen-bond donors (Lipinski definition) is 0. The SMILES string of the molecule is BrP(C1=PC(=P(c2ccccc2)(c2ccccc2)c2ccccc2)c2ccccc21)(c1ccccc1)(c1ccccc1)c1ccccc1. The fourth-order valence-electron chi connectivity index (χ4n) is 7.38. The molecule has 1 heterocycles. The standard InChI is InChI=1S/C44H34BrP3/c45-48(38-27-13-4-14-28-38,39-29-15-5-16-30-39,40-31-17-6-18-32-40)44-42-34-20-19-33-41(42)43(46-44)47(35-21-7-1-8-22-35,36-23-9-2-10-24-36)37-25-11-3-12-26-37/h1-34H. The van der Waals surface area contributed by atoms with Gasteiger partial charge in [0, 0.05) is 0 Å². The van der Waals surface area contributed by atoms with Gasteiger partial charge in [0.15, 0.2) is 0 Å². The molecule has 0 radical (unpaired) electrons. The first-order valence-electron chi connectivity index (χ1n) is 16.2. The van der Waals surface area contributed by atoms with E-state index >= 15 is 0 Å². The molecule has 232 valence electrons. The van der Waals surface area contributed by atoms with Crippen LogP contribution in [-0.4, -0.2) is 10.1 Å². The zero-order valence-electron chi connectivity index (χ0n) is 26.3. The van der Waals surface area contributed by atoms with Crippen LogP contribution in [0.15, 0.2) is 206 Å². The van der Waals surface area contributed by atoms with E-state index in [1.54, 1.807) is 0 Å². The van der Waals surface area contributed by atoms with Gasteiger partial charge in [-0.1, -0.05) is 0 Å². The van der Waals surface area contributed by atoms with E-state index in [0.717, 1.165) is 0 Å². The van der Waals surface area contributed by atoms with Crippen LogP contribution >= 0.6 is 35.9 Å². The van der Waals surface area contributed by atoms with Crippen LogP contribution in [0.3, 0.4) is 0 Å². The van der Waals surface area contributed by atoms with Crippen molar-refractivity contribution in [2.45, 2.75) is 0 Å². The van der Waals surface area contributed by atoms with Crippen LogP contribution in [0.1, 0.15) is 11.1 Å². The summed E-state index contributed by atoms with van der Waals surface area (Å²) in [6.45, 7) is -2.36. The second-order valence-corrected chi connectivity index (χ2v) is 25.4. The summed E-state index contributed by atoms with van der Waals surface area (Å²) in [5.41, 5.74) is 2.67. The van der Waals surface area contributed by atoms with Gasteiger partial charge in [0.25, 0.3) is 0 Å². The van der Waals surface area contributed by atoms with Crippen LogP contribution < -0.4 is 31.8 Å². The molecule has 0 bridgehead atoms. The van der Waals surface area contributed by atoms with E-state index in [1.807, 2.05) is 0 Å². The summed E-state index contributed by atoms with van der Waals surface area (Å²) in [6.07, 6.45) is 0. The summed E-state index contributed by atoms with van der Waals surface area (Å²) in [5.74, 6) is 0. The van der Waals surface area contributed by atoms with Gasteiger partial charge < -0.3 is 0 Å². The van der Waals surface area contributed by atoms with Crippen LogP contribution in [-0.2, 0) is 0 Å². The molecule has 0 spiro atoms. The van der Waals surface area contributed by atoms with Crippen LogP contribution in [0.5, 0.6) is 0 Å². The van der Waals surface area contributed by atoms with E-state index < -0.39 is 12.2 Å². The van der Waals surface area contributed by atoms with Gasteiger partial charge in [-0.15, -0.1) is 0 Å². The van der Waals surface area contributed by atoms with E-state index in [9.17, 15) is 0 Å². The maximum atomic E-state index is 4.86. The molecular weight excluding hydrogens is 701 g/mol. The van der Waals surface area contributed by atoms with Gasteiger partial charge in [0.2, 0.25) is 0 Å². The van der Waals surface area contributed by atoms with Gasteiger partial charge in [-0.3, -0.25) is 0 Å². The quantitative estimate of drug-likeness (QED) is 0.143. The van der Waals surface area contributed by atoms with Crippen molar-refractivity contribution in [3.63, 3.8) is 0 Å². The molecule has 8 rings (SSSR count). The van der Waals surface area contributed by atoms with Crippen LogP contribution in [0.2, 0.25) is 0 Å². The van der Waals surface area contributed by atoms with Gasteiger partial charge in [0.05, 0.1) is 0 Å². The normalized spacial score (nSPS) is 14.0. The molecule has 48 heavy (non-hydrogen) atoms. The topological polar surface area (TPSA) is 0 Å². The second kappa shape index (κ2) is 12.7. The average molecular weight is 736 g/mol. The van der Waals surface area contributed by atoms with Crippen molar-refractivity contribution in [1.82, 2.24) is 0 Å². The van der Waals surface area contributed by atoms with Crippen molar-refractivity contribution in [2.24, 2.45) is 0 Å². The third kappa shape index (κ3) is 4.65. The third-order valence-electron chi connectivity index (χ3n) is 9.49. The fraction of sp³-hybridized carbons (Fsp3) is 0. The summed E-state index contributed by atoms with van der Waals surface area (Å²) in [6, 6.07) is 76.6. The Bertz CT molecular complexity index is 2080. The molecule has 0 amide bonds. The number of rotatable bonds is 7. The van der Waals surface area contributed by atoms with E-state index in [2.05, 4.69) is 206 Å². The molecule has 4 heteroatoms. The van der Waals surface area contributed by atoms with Crippen LogP contribution in [0.4, 0.5) is 0 Å². The van der Waals surface area contributed by atoms with Crippen molar-refractivity contribution in [2.75, 3.05) is 0 Å². The van der Waals surface area contributed by atoms with Gasteiger partial charge in [0.1, 0.15) is 0 Å². The Morgan fingerprint density at radius 2 is 0.646 bits per heavy atom. The van der Waals surface area contributed by atoms with Crippen LogP contribution in [0.25, 0.3) is 0 Å². The monoisotopic (exact) mass is 734 g/mol. The molecule has 0 saturated heterocycles. The zero-order chi connectivity index (χ0) is 32.5. The minimum atomic E-state index is -3.49. The summed E-state index contributed by atoms with van der Waals surface area (Å²) < 4.78 is 0. The predicted octanol–water partition coefficient (Wildman–Crippen LogP) is 9.44. The molecule has 7 aromatic carbocycles. The third-order valence-corrected chi connectivity index (χ3v) is 27.6. The molecular formula is C44H34BrP3. The summed E-state index contributed by atoms with van der Waals surface area (Å²) in [5, 5.41) is 7.45. The molecule has 0 unspecified atom stereocenters. The Morgan fingerprint density at radius 1 is 0.354 bits per heavy atom. The molecule has 0 nitrogen and oxygen atoms in total. The average Bonchev–Trinajstić information content (AvgIpc) is 3.58. The number of hydrogen-bond acceptors (Lipinski definition) is 0. The van der Waals surface area contributed by atoms with E-state index in [1.165, 1.54) is 61.2 Å². The fourth-order valence-corrected chi connectivity index (χ4v) is 24.4. The first-order valence-corrected chi connectivity index (χ1v) is 23.1. The van der Waals surface area contributed by atoms with Gasteiger partial charge in [-0.25, -0.2) is 0 Å². The number of halogens is 1. The molecule has 0 saturated carbocycles. The Kier molecular flexibility index (Phi) is 8.29. The molecule has 0 N–H and O–H groups in total. The van der Waals surface area contributed by atoms with E-state index in [-0.39, 0.29) is 0 Å². The number of benzene rings is 7. The summed E-state index contributed by atoms with van der Waals surface area (Å²) >= 11 is 4.86. The molecule has 0 aromatic heterocycles. The Morgan fingerprint density at radius 3 is 1.00 bits per heavy atom. The van der Waals surface area contributed by atoms with E-state index in [4.69, 9.17) is 15.5 Å².